The number of amides is 2. The summed E-state index contributed by atoms with van der Waals surface area (Å²) in [5.74, 6) is -1.04. The molecule has 1 aromatic rings. The number of carbonyl (C=O) groups excluding carboxylic acids is 2. The summed E-state index contributed by atoms with van der Waals surface area (Å²) in [6.07, 6.45) is 1.93. The van der Waals surface area contributed by atoms with Crippen LogP contribution in [0.3, 0.4) is 0 Å². The molecule has 32 heavy (non-hydrogen) atoms. The lowest BCUT2D eigenvalue weighted by atomic mass is 10.0. The lowest BCUT2D eigenvalue weighted by Crippen LogP contribution is -2.56. The van der Waals surface area contributed by atoms with Crippen LogP contribution in [0, 0.1) is 17.2 Å². The first-order chi connectivity index (χ1) is 14.6. The summed E-state index contributed by atoms with van der Waals surface area (Å²) in [7, 11) is 0. The fraction of sp³-hybridized carbons (Fsp3) is 0.545. The number of nitrogens with one attached hydrogen (secondary N) is 3. The predicted octanol–water partition coefficient (Wildman–Crippen LogP) is 1.09. The minimum absolute atomic E-state index is 0. The van der Waals surface area contributed by atoms with Crippen LogP contribution in [-0.2, 0) is 20.9 Å². The van der Waals surface area contributed by atoms with E-state index in [1.165, 1.54) is 0 Å². The summed E-state index contributed by atoms with van der Waals surface area (Å²) in [4.78, 5) is 39.0. The zero-order valence-electron chi connectivity index (χ0n) is 18.4. The van der Waals surface area contributed by atoms with E-state index in [0.717, 1.165) is 12.0 Å². The van der Waals surface area contributed by atoms with E-state index in [-0.39, 0.29) is 48.4 Å². The third kappa shape index (κ3) is 5.39. The lowest BCUT2D eigenvalue weighted by Gasteiger charge is -2.32. The number of nitrogen functional groups attached to an aromatic ring is 1. The van der Waals surface area contributed by atoms with Crippen LogP contribution in [0.25, 0.3) is 0 Å². The molecule has 6 N–H and O–H groups in total. The molecule has 3 atom stereocenters. The second kappa shape index (κ2) is 10.3. The van der Waals surface area contributed by atoms with Gasteiger partial charge in [-0.25, -0.2) is 0 Å². The maximum absolute atomic E-state index is 13.3. The van der Waals surface area contributed by atoms with Crippen LogP contribution in [0.1, 0.15) is 44.2 Å². The number of piperidine rings is 1. The predicted molar refractivity (Wildman–Crippen MR) is 123 cm³/mol. The van der Waals surface area contributed by atoms with Crippen molar-refractivity contribution in [1.29, 1.82) is 5.41 Å². The first-order valence-electron chi connectivity index (χ1n) is 10.6. The summed E-state index contributed by atoms with van der Waals surface area (Å²) >= 11 is 0. The van der Waals surface area contributed by atoms with Crippen molar-refractivity contribution in [2.24, 2.45) is 17.6 Å². The number of hydrogen-bond donors (Lipinski definition) is 5. The summed E-state index contributed by atoms with van der Waals surface area (Å²) in [6, 6.07) is 6.46. The third-order valence-electron chi connectivity index (χ3n) is 6.14. The van der Waals surface area contributed by atoms with E-state index >= 15 is 0 Å². The molecular formula is C22H32ClN5O4. The van der Waals surface area contributed by atoms with E-state index in [4.69, 9.17) is 16.2 Å². The van der Waals surface area contributed by atoms with Crippen molar-refractivity contribution in [3.8, 4) is 0 Å². The number of aliphatic carboxylic acids is 1. The van der Waals surface area contributed by atoms with E-state index in [9.17, 15) is 14.4 Å². The second-order valence-corrected chi connectivity index (χ2v) is 8.85. The van der Waals surface area contributed by atoms with Gasteiger partial charge >= 0.3 is 5.97 Å². The molecule has 0 bridgehead atoms. The summed E-state index contributed by atoms with van der Waals surface area (Å²) in [6.45, 7) is 4.49. The van der Waals surface area contributed by atoms with E-state index in [2.05, 4.69) is 10.6 Å². The van der Waals surface area contributed by atoms with Crippen LogP contribution in [0.15, 0.2) is 24.3 Å². The van der Waals surface area contributed by atoms with Crippen molar-refractivity contribution in [2.45, 2.75) is 51.2 Å². The Balaban J connectivity index is 0.00000363. The zero-order chi connectivity index (χ0) is 22.8. The van der Waals surface area contributed by atoms with E-state index < -0.39 is 17.6 Å². The van der Waals surface area contributed by atoms with E-state index in [0.29, 0.717) is 31.5 Å². The molecule has 9 nitrogen and oxygen atoms in total. The Morgan fingerprint density at radius 2 is 1.94 bits per heavy atom. The Labute approximate surface area is 194 Å². The van der Waals surface area contributed by atoms with Gasteiger partial charge in [0.2, 0.25) is 11.8 Å². The highest BCUT2D eigenvalue weighted by atomic mass is 35.5. The van der Waals surface area contributed by atoms with Crippen molar-refractivity contribution in [2.75, 3.05) is 13.1 Å². The number of carboxylic acid groups (broad SMARTS) is 1. The van der Waals surface area contributed by atoms with Gasteiger partial charge in [-0.15, -0.1) is 12.4 Å². The molecule has 0 spiro atoms. The smallest absolute Gasteiger partial charge is 0.317 e. The van der Waals surface area contributed by atoms with Gasteiger partial charge in [0.05, 0.1) is 12.6 Å². The van der Waals surface area contributed by atoms with Crippen molar-refractivity contribution in [1.82, 2.24) is 15.5 Å². The highest BCUT2D eigenvalue weighted by Crippen LogP contribution is 2.56. The summed E-state index contributed by atoms with van der Waals surface area (Å²) in [5.41, 5.74) is 6.14. The van der Waals surface area contributed by atoms with Crippen molar-refractivity contribution >= 4 is 36.0 Å². The molecule has 1 heterocycles. The van der Waals surface area contributed by atoms with Crippen LogP contribution in [0.5, 0.6) is 0 Å². The Hall–Kier alpha value is -2.65. The zero-order valence-corrected chi connectivity index (χ0v) is 19.2. The third-order valence-corrected chi connectivity index (χ3v) is 6.14. The molecule has 176 valence electrons. The van der Waals surface area contributed by atoms with Crippen LogP contribution in [0.2, 0.25) is 0 Å². The second-order valence-electron chi connectivity index (χ2n) is 8.85. The number of rotatable bonds is 10. The van der Waals surface area contributed by atoms with Gasteiger partial charge in [-0.2, -0.15) is 0 Å². The monoisotopic (exact) mass is 465 g/mol. The van der Waals surface area contributed by atoms with Crippen LogP contribution >= 0.6 is 12.4 Å². The van der Waals surface area contributed by atoms with Crippen LogP contribution < -0.4 is 16.4 Å². The minimum atomic E-state index is -1.02. The van der Waals surface area contributed by atoms with Crippen molar-refractivity contribution in [3.63, 3.8) is 0 Å². The highest BCUT2D eigenvalue weighted by Gasteiger charge is 2.68. The molecule has 3 rings (SSSR count). The van der Waals surface area contributed by atoms with Crippen LogP contribution in [0.4, 0.5) is 0 Å². The summed E-state index contributed by atoms with van der Waals surface area (Å²) in [5, 5.41) is 22.2. The van der Waals surface area contributed by atoms with Gasteiger partial charge < -0.3 is 21.1 Å². The van der Waals surface area contributed by atoms with Gasteiger partial charge in [0.25, 0.3) is 0 Å². The fourth-order valence-electron chi connectivity index (χ4n) is 4.46. The van der Waals surface area contributed by atoms with Gasteiger partial charge in [-0.1, -0.05) is 38.1 Å². The fourth-order valence-corrected chi connectivity index (χ4v) is 4.46. The number of nitrogens with two attached hydrogens (primary N) is 1. The maximum atomic E-state index is 13.3. The average Bonchev–Trinajstić information content (AvgIpc) is 3.34. The van der Waals surface area contributed by atoms with Gasteiger partial charge in [-0.05, 0) is 36.7 Å². The number of amidine groups is 1. The molecule has 1 aliphatic carbocycles. The van der Waals surface area contributed by atoms with E-state index in [1.54, 1.807) is 17.0 Å². The molecule has 2 aliphatic rings. The molecule has 0 unspecified atom stereocenters. The standard InChI is InChI=1S/C22H31N5O4.ClH/c1-13(2)9-17(25-12-18(28)29)20(30)27-8-7-16-10-22(16,27)21(31)26-11-14-3-5-15(6-4-14)19(23)24;/h3-6,13,16-17,25H,7-12H2,1-2H3,(H3,23,24)(H,26,31)(H,28,29);1H/t16-,17-,22+;/m1./s1. The Bertz CT molecular complexity index is 876. The molecule has 10 heteroatoms. The lowest BCUT2D eigenvalue weighted by molar-refractivity contribution is -0.143. The summed E-state index contributed by atoms with van der Waals surface area (Å²) < 4.78 is 0. The molecule has 1 aromatic carbocycles. The van der Waals surface area contributed by atoms with Gasteiger partial charge in [-0.3, -0.25) is 25.1 Å². The van der Waals surface area contributed by atoms with E-state index in [1.807, 2.05) is 26.0 Å². The minimum Gasteiger partial charge on any atom is -0.480 e. The molecule has 2 amide bonds. The Morgan fingerprint density at radius 1 is 1.28 bits per heavy atom. The number of benzene rings is 1. The number of carboxylic acids is 1. The molecule has 1 saturated heterocycles. The maximum Gasteiger partial charge on any atom is 0.317 e. The van der Waals surface area contributed by atoms with Crippen molar-refractivity contribution < 1.29 is 19.5 Å². The topological polar surface area (TPSA) is 149 Å². The molecule has 1 aliphatic heterocycles. The van der Waals surface area contributed by atoms with Gasteiger partial charge in [0.1, 0.15) is 11.4 Å². The Morgan fingerprint density at radius 3 is 2.47 bits per heavy atom. The number of hydrogen-bond acceptors (Lipinski definition) is 5. The number of carbonyl (C=O) groups is 3. The number of halogens is 1. The number of fused-ring (bicyclic) bond motifs is 1. The molecular weight excluding hydrogens is 434 g/mol. The van der Waals surface area contributed by atoms with Gasteiger partial charge in [0, 0.05) is 18.7 Å². The quantitative estimate of drug-likeness (QED) is 0.258. The molecule has 0 aromatic heterocycles. The number of likely N-dealkylation sites (tertiary alicyclic amines) is 1. The number of nitrogens with zero attached hydrogens (tertiary/aromatic N) is 1. The first kappa shape index (κ1) is 25.6. The first-order valence-corrected chi connectivity index (χ1v) is 10.6. The largest absolute Gasteiger partial charge is 0.480 e. The normalized spacial score (nSPS) is 22.0. The molecule has 0 radical (unpaired) electrons. The molecule has 2 fully saturated rings. The average molecular weight is 466 g/mol. The molecule has 1 saturated carbocycles. The van der Waals surface area contributed by atoms with Crippen molar-refractivity contribution in [3.05, 3.63) is 35.4 Å². The van der Waals surface area contributed by atoms with Crippen LogP contribution in [-0.4, -0.2) is 58.3 Å². The highest BCUT2D eigenvalue weighted by molar-refractivity contribution is 5.97. The van der Waals surface area contributed by atoms with Gasteiger partial charge in [0.15, 0.2) is 0 Å². The Kier molecular flexibility index (Phi) is 8.25. The SMILES string of the molecule is CC(C)C[C@@H](NCC(=O)O)C(=O)N1CC[C@@H]2C[C@@]21C(=O)NCc1ccc(C(=N)N)cc1.Cl.